The largest absolute Gasteiger partial charge is 0.396 e. The molecule has 0 saturated heterocycles. The molecule has 3 nitrogen and oxygen atoms in total. The van der Waals surface area contributed by atoms with Gasteiger partial charge in [0.25, 0.3) is 5.91 Å². The molecule has 0 aliphatic rings. The molecule has 1 amide bonds. The van der Waals surface area contributed by atoms with Gasteiger partial charge in [-0.1, -0.05) is 23.2 Å². The Labute approximate surface area is 130 Å². The van der Waals surface area contributed by atoms with Crippen LogP contribution in [0.25, 0.3) is 0 Å². The number of benzene rings is 1. The first-order chi connectivity index (χ1) is 8.51. The highest BCUT2D eigenvalue weighted by Crippen LogP contribution is 2.27. The van der Waals surface area contributed by atoms with Crippen molar-refractivity contribution in [3.8, 4) is 0 Å². The fourth-order valence-corrected chi connectivity index (χ4v) is 2.58. The topological polar surface area (TPSA) is 40.5 Å². The van der Waals surface area contributed by atoms with Crippen LogP contribution in [0.5, 0.6) is 0 Å². The van der Waals surface area contributed by atoms with E-state index in [1.807, 2.05) is 29.5 Å². The lowest BCUT2D eigenvalue weighted by atomic mass is 10.2. The third kappa shape index (κ3) is 3.98. The number of carbonyl (C=O) groups is 1. The minimum absolute atomic E-state index is 0.0666. The molecule has 0 fully saturated rings. The zero-order valence-electron chi connectivity index (χ0n) is 9.92. The minimum atomic E-state index is -0.111. The van der Waals surface area contributed by atoms with Crippen LogP contribution in [0.4, 0.5) is 0 Å². The second-order valence-corrected chi connectivity index (χ2v) is 5.63. The number of hydrogen-bond donors (Lipinski definition) is 1. The number of amides is 1. The average Bonchev–Trinajstić information content (AvgIpc) is 2.34. The molecule has 0 unspecified atom stereocenters. The van der Waals surface area contributed by atoms with Crippen molar-refractivity contribution in [2.45, 2.75) is 13.3 Å². The van der Waals surface area contributed by atoms with E-state index in [1.54, 1.807) is 17.0 Å². The summed E-state index contributed by atoms with van der Waals surface area (Å²) in [6.07, 6.45) is 0.560. The zero-order chi connectivity index (χ0) is 13.7. The summed E-state index contributed by atoms with van der Waals surface area (Å²) in [5.74, 6) is -0.111. The molecule has 1 aromatic carbocycles. The lowest BCUT2D eigenvalue weighted by Gasteiger charge is -2.21. The molecule has 6 heteroatoms. The van der Waals surface area contributed by atoms with Crippen molar-refractivity contribution in [1.82, 2.24) is 4.90 Å². The Morgan fingerprint density at radius 2 is 2.11 bits per heavy atom. The molecular weight excluding hydrogens is 388 g/mol. The molecule has 100 valence electrons. The van der Waals surface area contributed by atoms with Gasteiger partial charge in [0.2, 0.25) is 0 Å². The summed E-state index contributed by atoms with van der Waals surface area (Å²) in [7, 11) is 0. The van der Waals surface area contributed by atoms with Crippen molar-refractivity contribution in [2.24, 2.45) is 0 Å². The fraction of sp³-hybridized carbons (Fsp3) is 0.417. The van der Waals surface area contributed by atoms with Gasteiger partial charge in [-0.05, 0) is 48.1 Å². The van der Waals surface area contributed by atoms with E-state index in [0.717, 1.165) is 0 Å². The number of rotatable bonds is 5. The minimum Gasteiger partial charge on any atom is -0.396 e. The molecule has 0 bridgehead atoms. The number of aliphatic hydroxyl groups is 1. The molecule has 0 aromatic heterocycles. The van der Waals surface area contributed by atoms with Crippen molar-refractivity contribution in [2.75, 3.05) is 19.7 Å². The molecular formula is C12H14Cl2INO2. The van der Waals surface area contributed by atoms with Crippen LogP contribution in [0.2, 0.25) is 10.0 Å². The number of nitrogens with zero attached hydrogens (tertiary/aromatic N) is 1. The van der Waals surface area contributed by atoms with Gasteiger partial charge in [0.05, 0.1) is 10.6 Å². The highest BCUT2D eigenvalue weighted by atomic mass is 127. The van der Waals surface area contributed by atoms with Crippen LogP contribution in [0.15, 0.2) is 12.1 Å². The predicted molar refractivity (Wildman–Crippen MR) is 82.5 cm³/mol. The molecule has 0 heterocycles. The molecule has 0 radical (unpaired) electrons. The maximum Gasteiger partial charge on any atom is 0.255 e. The number of halogens is 3. The number of carbonyl (C=O) groups excluding carboxylic acids is 1. The lowest BCUT2D eigenvalue weighted by molar-refractivity contribution is 0.0753. The van der Waals surface area contributed by atoms with Crippen molar-refractivity contribution in [3.63, 3.8) is 0 Å². The first-order valence-electron chi connectivity index (χ1n) is 5.56. The van der Waals surface area contributed by atoms with Gasteiger partial charge < -0.3 is 10.0 Å². The van der Waals surface area contributed by atoms with Crippen LogP contribution in [0.3, 0.4) is 0 Å². The first-order valence-corrected chi connectivity index (χ1v) is 7.39. The van der Waals surface area contributed by atoms with E-state index >= 15 is 0 Å². The SMILES string of the molecule is CCN(CCCO)C(=O)c1cc(Cl)cc(Cl)c1I. The highest BCUT2D eigenvalue weighted by molar-refractivity contribution is 14.1. The Bertz CT molecular complexity index is 440. The second-order valence-electron chi connectivity index (χ2n) is 3.71. The van der Waals surface area contributed by atoms with Gasteiger partial charge in [0.1, 0.15) is 0 Å². The Kier molecular flexibility index (Phi) is 6.70. The summed E-state index contributed by atoms with van der Waals surface area (Å²) in [6.45, 7) is 3.07. The van der Waals surface area contributed by atoms with Gasteiger partial charge in [-0.25, -0.2) is 0 Å². The maximum absolute atomic E-state index is 12.3. The van der Waals surface area contributed by atoms with Crippen LogP contribution in [-0.4, -0.2) is 35.6 Å². The van der Waals surface area contributed by atoms with Gasteiger partial charge in [0, 0.05) is 28.3 Å². The van der Waals surface area contributed by atoms with Crippen LogP contribution in [0, 0.1) is 3.57 Å². The summed E-state index contributed by atoms with van der Waals surface area (Å²) < 4.78 is 0.700. The van der Waals surface area contributed by atoms with E-state index in [9.17, 15) is 4.79 Å². The number of hydrogen-bond acceptors (Lipinski definition) is 2. The summed E-state index contributed by atoms with van der Waals surface area (Å²) in [5.41, 5.74) is 0.507. The van der Waals surface area contributed by atoms with Gasteiger partial charge in [-0.15, -0.1) is 0 Å². The molecule has 0 spiro atoms. The van der Waals surface area contributed by atoms with Gasteiger partial charge in [0.15, 0.2) is 0 Å². The molecule has 18 heavy (non-hydrogen) atoms. The molecule has 1 N–H and O–H groups in total. The van der Waals surface area contributed by atoms with E-state index < -0.39 is 0 Å². The van der Waals surface area contributed by atoms with Gasteiger partial charge >= 0.3 is 0 Å². The Balaban J connectivity index is 3.01. The molecule has 0 aliphatic carbocycles. The highest BCUT2D eigenvalue weighted by Gasteiger charge is 2.18. The average molecular weight is 402 g/mol. The quantitative estimate of drug-likeness (QED) is 0.606. The lowest BCUT2D eigenvalue weighted by Crippen LogP contribution is -2.32. The van der Waals surface area contributed by atoms with E-state index in [0.29, 0.717) is 38.7 Å². The number of aliphatic hydroxyl groups excluding tert-OH is 1. The van der Waals surface area contributed by atoms with Crippen LogP contribution in [0.1, 0.15) is 23.7 Å². The molecule has 0 saturated carbocycles. The van der Waals surface area contributed by atoms with E-state index in [2.05, 4.69) is 0 Å². The molecule has 0 aliphatic heterocycles. The van der Waals surface area contributed by atoms with Crippen LogP contribution in [-0.2, 0) is 0 Å². The summed E-state index contributed by atoms with van der Waals surface area (Å²) in [5, 5.41) is 9.75. The molecule has 0 atom stereocenters. The van der Waals surface area contributed by atoms with Gasteiger partial charge in [-0.3, -0.25) is 4.79 Å². The van der Waals surface area contributed by atoms with E-state index in [-0.39, 0.29) is 12.5 Å². The predicted octanol–water partition coefficient (Wildman–Crippen LogP) is 3.44. The summed E-state index contributed by atoms with van der Waals surface area (Å²) in [6, 6.07) is 3.24. The van der Waals surface area contributed by atoms with Crippen molar-refractivity contribution in [1.29, 1.82) is 0 Å². The van der Waals surface area contributed by atoms with Crippen molar-refractivity contribution < 1.29 is 9.90 Å². The van der Waals surface area contributed by atoms with E-state index in [4.69, 9.17) is 28.3 Å². The smallest absolute Gasteiger partial charge is 0.255 e. The molecule has 1 aromatic rings. The standard InChI is InChI=1S/C12H14Cl2INO2/c1-2-16(4-3-5-17)12(18)9-6-8(13)7-10(14)11(9)15/h6-7,17H,2-5H2,1H3. The van der Waals surface area contributed by atoms with Gasteiger partial charge in [-0.2, -0.15) is 0 Å². The Morgan fingerprint density at radius 1 is 1.44 bits per heavy atom. The normalized spacial score (nSPS) is 10.5. The third-order valence-corrected chi connectivity index (χ3v) is 4.48. The van der Waals surface area contributed by atoms with Crippen LogP contribution >= 0.6 is 45.8 Å². The Hall–Kier alpha value is -0.0400. The van der Waals surface area contributed by atoms with Crippen LogP contribution < -0.4 is 0 Å². The summed E-state index contributed by atoms with van der Waals surface area (Å²) >= 11 is 14.0. The zero-order valence-corrected chi connectivity index (χ0v) is 13.6. The molecule has 1 rings (SSSR count). The van der Waals surface area contributed by atoms with Crippen molar-refractivity contribution >= 4 is 51.7 Å². The fourth-order valence-electron chi connectivity index (χ4n) is 1.55. The van der Waals surface area contributed by atoms with Crippen molar-refractivity contribution in [3.05, 3.63) is 31.3 Å². The maximum atomic E-state index is 12.3. The monoisotopic (exact) mass is 401 g/mol. The van der Waals surface area contributed by atoms with E-state index in [1.165, 1.54) is 0 Å². The third-order valence-electron chi connectivity index (χ3n) is 2.48. The second kappa shape index (κ2) is 7.53. The first kappa shape index (κ1) is 16.0. The Morgan fingerprint density at radius 3 is 2.67 bits per heavy atom. The summed E-state index contributed by atoms with van der Waals surface area (Å²) in [4.78, 5) is 14.0.